The van der Waals surface area contributed by atoms with Gasteiger partial charge < -0.3 is 9.84 Å². The van der Waals surface area contributed by atoms with E-state index in [9.17, 15) is 24.8 Å². The molecular weight excluding hydrogens is 450 g/mol. The largest absolute Gasteiger partial charge is 0.500 e. The van der Waals surface area contributed by atoms with Crippen molar-refractivity contribution in [3.05, 3.63) is 98.6 Å². The molecule has 0 aromatic heterocycles. The van der Waals surface area contributed by atoms with Crippen molar-refractivity contribution in [2.45, 2.75) is 11.8 Å². The molecule has 9 nitrogen and oxygen atoms in total. The van der Waals surface area contributed by atoms with Gasteiger partial charge in [-0.2, -0.15) is 10.1 Å². The zero-order chi connectivity index (χ0) is 24.4. The lowest BCUT2D eigenvalue weighted by Gasteiger charge is -2.45. The number of hydrogen-bond donors (Lipinski definition) is 1. The Morgan fingerprint density at radius 2 is 1.43 bits per heavy atom. The minimum Gasteiger partial charge on any atom is -0.500 e. The van der Waals surface area contributed by atoms with Gasteiger partial charge in [0.2, 0.25) is 5.75 Å². The molecule has 0 radical (unpaired) electrons. The van der Waals surface area contributed by atoms with Gasteiger partial charge in [-0.25, -0.2) is 0 Å². The van der Waals surface area contributed by atoms with E-state index in [-0.39, 0.29) is 23.1 Å². The van der Waals surface area contributed by atoms with Crippen LogP contribution >= 0.6 is 0 Å². The first-order valence-corrected chi connectivity index (χ1v) is 11.1. The molecular formula is C26H19N3O6. The number of benzene rings is 3. The fourth-order valence-electron chi connectivity index (χ4n) is 5.88. The molecule has 2 atom stereocenters. The minimum absolute atomic E-state index is 0.114. The monoisotopic (exact) mass is 469 g/mol. The highest BCUT2D eigenvalue weighted by Crippen LogP contribution is 2.60. The third-order valence-corrected chi connectivity index (χ3v) is 7.24. The van der Waals surface area contributed by atoms with Crippen molar-refractivity contribution in [3.63, 3.8) is 0 Å². The van der Waals surface area contributed by atoms with Crippen LogP contribution in [0.2, 0.25) is 0 Å². The summed E-state index contributed by atoms with van der Waals surface area (Å²) in [7, 11) is 1.27. The van der Waals surface area contributed by atoms with Crippen molar-refractivity contribution >= 4 is 23.7 Å². The number of hydrogen-bond acceptors (Lipinski definition) is 7. The maximum absolute atomic E-state index is 13.6. The molecule has 174 valence electrons. The normalized spacial score (nSPS) is 23.9. The van der Waals surface area contributed by atoms with Crippen molar-refractivity contribution < 1.29 is 24.4 Å². The summed E-state index contributed by atoms with van der Waals surface area (Å²) < 4.78 is 5.01. The maximum Gasteiger partial charge on any atom is 0.315 e. The molecule has 1 heterocycles. The van der Waals surface area contributed by atoms with Crippen molar-refractivity contribution in [3.8, 4) is 11.5 Å². The fraction of sp³-hybridized carbons (Fsp3) is 0.192. The number of nitro groups is 1. The molecule has 35 heavy (non-hydrogen) atoms. The number of carbonyl (C=O) groups excluding carboxylic acids is 2. The number of rotatable bonds is 4. The summed E-state index contributed by atoms with van der Waals surface area (Å²) in [6.07, 6.45) is 1.20. The van der Waals surface area contributed by atoms with E-state index in [1.54, 1.807) is 0 Å². The first kappa shape index (κ1) is 21.0. The molecule has 1 fully saturated rings. The Hall–Kier alpha value is -4.53. The summed E-state index contributed by atoms with van der Waals surface area (Å²) in [6, 6.07) is 18.3. The summed E-state index contributed by atoms with van der Waals surface area (Å²) in [5, 5.41) is 26.3. The van der Waals surface area contributed by atoms with Crippen molar-refractivity contribution in [2.24, 2.45) is 16.9 Å². The molecule has 0 spiro atoms. The van der Waals surface area contributed by atoms with Gasteiger partial charge in [-0.3, -0.25) is 19.7 Å². The van der Waals surface area contributed by atoms with Crippen LogP contribution in [0.5, 0.6) is 11.5 Å². The summed E-state index contributed by atoms with van der Waals surface area (Å²) in [6.45, 7) is 0. The predicted molar refractivity (Wildman–Crippen MR) is 124 cm³/mol. The topological polar surface area (TPSA) is 122 Å². The number of imide groups is 1. The van der Waals surface area contributed by atoms with Crippen LogP contribution in [0.15, 0.2) is 65.8 Å². The van der Waals surface area contributed by atoms with Gasteiger partial charge in [-0.05, 0) is 28.3 Å². The molecule has 1 aliphatic heterocycles. The SMILES string of the molecule is COc1cc(/C=N\N2C(=O)[C@H]3C4c5ccccc5C(c5ccccc54)[C@@H]3C2=O)cc([N+](=O)[O-])c1O. The first-order chi connectivity index (χ1) is 16.9. The highest BCUT2D eigenvalue weighted by molar-refractivity contribution is 6.08. The highest BCUT2D eigenvalue weighted by Gasteiger charge is 2.61. The van der Waals surface area contributed by atoms with Crippen molar-refractivity contribution in [1.29, 1.82) is 0 Å². The molecule has 7 rings (SSSR count). The number of amides is 2. The molecule has 1 N–H and O–H groups in total. The second-order valence-electron chi connectivity index (χ2n) is 8.85. The standard InChI is InChI=1S/C26H19N3O6/c1-35-19-11-13(10-18(24(19)30)29(33)34)12-27-28-25(31)22-20-14-6-2-3-7-15(14)21(23(22)26(28)32)17-9-5-4-8-16(17)20/h2-12,20-23,30H,1H3/b27-12-/t20?,21?,22-,23-/m0/s1. The van der Waals surface area contributed by atoms with E-state index >= 15 is 0 Å². The number of methoxy groups -OCH3 is 1. The Morgan fingerprint density at radius 3 is 1.86 bits per heavy atom. The van der Waals surface area contributed by atoms with Gasteiger partial charge in [0.25, 0.3) is 11.8 Å². The van der Waals surface area contributed by atoms with Gasteiger partial charge in [0.1, 0.15) is 0 Å². The van der Waals surface area contributed by atoms with E-state index < -0.39 is 40.0 Å². The van der Waals surface area contributed by atoms with Crippen molar-refractivity contribution in [2.75, 3.05) is 7.11 Å². The summed E-state index contributed by atoms with van der Waals surface area (Å²) in [5.41, 5.74) is 3.87. The van der Waals surface area contributed by atoms with Crippen LogP contribution in [0.25, 0.3) is 0 Å². The Bertz CT molecular complexity index is 1350. The number of phenolic OH excluding ortho intramolecular Hbond substituents is 1. The zero-order valence-electron chi connectivity index (χ0n) is 18.5. The molecule has 3 aliphatic carbocycles. The smallest absolute Gasteiger partial charge is 0.315 e. The predicted octanol–water partition coefficient (Wildman–Crippen LogP) is 3.54. The number of nitrogens with zero attached hydrogens (tertiary/aromatic N) is 3. The van der Waals surface area contributed by atoms with Crippen LogP contribution in [0.1, 0.15) is 39.7 Å². The highest BCUT2D eigenvalue weighted by atomic mass is 16.6. The third kappa shape index (κ3) is 2.84. The van der Waals surface area contributed by atoms with E-state index in [2.05, 4.69) is 5.10 Å². The lowest BCUT2D eigenvalue weighted by molar-refractivity contribution is -0.386. The molecule has 2 amide bonds. The Morgan fingerprint density at radius 1 is 0.943 bits per heavy atom. The van der Waals surface area contributed by atoms with Crippen LogP contribution in [0.4, 0.5) is 5.69 Å². The molecule has 1 saturated heterocycles. The summed E-state index contributed by atoms with van der Waals surface area (Å²) in [4.78, 5) is 37.7. The zero-order valence-corrected chi connectivity index (χ0v) is 18.5. The average Bonchev–Trinajstić information content (AvgIpc) is 3.13. The number of carbonyl (C=O) groups is 2. The second kappa shape index (κ2) is 7.49. The number of nitro benzene ring substituents is 1. The number of phenols is 1. The van der Waals surface area contributed by atoms with E-state index in [0.717, 1.165) is 33.3 Å². The average molecular weight is 469 g/mol. The molecule has 3 aromatic carbocycles. The van der Waals surface area contributed by atoms with Crippen LogP contribution in [0, 0.1) is 22.0 Å². The van der Waals surface area contributed by atoms with Crippen LogP contribution in [-0.2, 0) is 9.59 Å². The quantitative estimate of drug-likeness (QED) is 0.270. The number of hydrazone groups is 1. The van der Waals surface area contributed by atoms with Gasteiger partial charge >= 0.3 is 5.69 Å². The lowest BCUT2D eigenvalue weighted by Crippen LogP contribution is -2.41. The fourth-order valence-corrected chi connectivity index (χ4v) is 5.88. The number of aromatic hydroxyl groups is 1. The Labute approximate surface area is 199 Å². The summed E-state index contributed by atoms with van der Waals surface area (Å²) >= 11 is 0. The molecule has 4 aliphatic rings. The van der Waals surface area contributed by atoms with Gasteiger partial charge in [0.15, 0.2) is 5.75 Å². The van der Waals surface area contributed by atoms with Crippen molar-refractivity contribution in [1.82, 2.24) is 5.01 Å². The Balaban J connectivity index is 1.41. The van der Waals surface area contributed by atoms with E-state index in [4.69, 9.17) is 4.74 Å². The van der Waals surface area contributed by atoms with Crippen LogP contribution < -0.4 is 4.74 Å². The molecule has 2 bridgehead atoms. The molecule has 9 heteroatoms. The van der Waals surface area contributed by atoms with E-state index in [1.807, 2.05) is 48.5 Å². The van der Waals surface area contributed by atoms with Gasteiger partial charge in [0, 0.05) is 23.5 Å². The maximum atomic E-state index is 13.6. The molecule has 0 saturated carbocycles. The van der Waals surface area contributed by atoms with E-state index in [1.165, 1.54) is 19.4 Å². The van der Waals surface area contributed by atoms with Gasteiger partial charge in [0.05, 0.1) is 30.1 Å². The summed E-state index contributed by atoms with van der Waals surface area (Å²) in [5.74, 6) is -3.14. The first-order valence-electron chi connectivity index (χ1n) is 11.1. The van der Waals surface area contributed by atoms with E-state index in [0.29, 0.717) is 0 Å². The molecule has 3 aromatic rings. The van der Waals surface area contributed by atoms with Gasteiger partial charge in [-0.1, -0.05) is 48.5 Å². The van der Waals surface area contributed by atoms with Crippen LogP contribution in [0.3, 0.4) is 0 Å². The lowest BCUT2D eigenvalue weighted by atomic mass is 9.55. The van der Waals surface area contributed by atoms with Crippen LogP contribution in [-0.4, -0.2) is 40.2 Å². The molecule has 0 unspecified atom stereocenters. The van der Waals surface area contributed by atoms with Gasteiger partial charge in [-0.15, -0.1) is 0 Å². The number of ether oxygens (including phenoxy) is 1. The minimum atomic E-state index is -0.748. The third-order valence-electron chi connectivity index (χ3n) is 7.24. The second-order valence-corrected chi connectivity index (χ2v) is 8.85. The Kier molecular flexibility index (Phi) is 4.50.